The number of carboxylic acid groups (broad SMARTS) is 1. The number of carbonyl (C=O) groups is 3. The van der Waals surface area contributed by atoms with Crippen LogP contribution in [0.3, 0.4) is 0 Å². The van der Waals surface area contributed by atoms with Crippen LogP contribution in [0.25, 0.3) is 10.8 Å². The molecule has 0 saturated carbocycles. The highest BCUT2D eigenvalue weighted by Gasteiger charge is 2.21. The zero-order chi connectivity index (χ0) is 23.2. The minimum atomic E-state index is -1.12. The Kier molecular flexibility index (Phi) is 6.45. The molecule has 6 nitrogen and oxygen atoms in total. The Morgan fingerprint density at radius 3 is 2.06 bits per heavy atom. The van der Waals surface area contributed by atoms with Gasteiger partial charge in [0.15, 0.2) is 5.78 Å². The van der Waals surface area contributed by atoms with Crippen molar-refractivity contribution < 1.29 is 19.5 Å². The third-order valence-corrected chi connectivity index (χ3v) is 5.30. The Balaban J connectivity index is 1.39. The number of ketones is 1. The van der Waals surface area contributed by atoms with Gasteiger partial charge in [-0.05, 0) is 40.6 Å². The highest BCUT2D eigenvalue weighted by molar-refractivity contribution is 6.09. The topological polar surface area (TPSA) is 95.5 Å². The van der Waals surface area contributed by atoms with Crippen LogP contribution in [0.4, 0.5) is 10.5 Å². The standard InChI is InChI=1S/C27H22N2O4/c30-25(20-7-2-1-3-8-20)21-12-14-23(15-13-21)28-27(33)29-24(26(31)32)17-18-10-11-19-6-4-5-9-22(19)16-18/h1-16,24H,17H2,(H,31,32)(H2,28,29,33)/t24-/m1/s1. The van der Waals surface area contributed by atoms with Crippen molar-refractivity contribution in [3.05, 3.63) is 114 Å². The monoisotopic (exact) mass is 438 g/mol. The second kappa shape index (κ2) is 9.78. The summed E-state index contributed by atoms with van der Waals surface area (Å²) in [6, 6.07) is 27.2. The number of benzene rings is 4. The minimum Gasteiger partial charge on any atom is -0.480 e. The molecule has 0 fully saturated rings. The van der Waals surface area contributed by atoms with Crippen LogP contribution in [0.5, 0.6) is 0 Å². The van der Waals surface area contributed by atoms with Gasteiger partial charge in [0.05, 0.1) is 0 Å². The molecule has 33 heavy (non-hydrogen) atoms. The van der Waals surface area contributed by atoms with Gasteiger partial charge in [-0.25, -0.2) is 9.59 Å². The van der Waals surface area contributed by atoms with Crippen LogP contribution in [-0.4, -0.2) is 28.9 Å². The zero-order valence-corrected chi connectivity index (χ0v) is 17.7. The number of nitrogens with one attached hydrogen (secondary N) is 2. The fourth-order valence-corrected chi connectivity index (χ4v) is 3.59. The van der Waals surface area contributed by atoms with E-state index in [2.05, 4.69) is 10.6 Å². The zero-order valence-electron chi connectivity index (χ0n) is 17.7. The number of hydrogen-bond donors (Lipinski definition) is 3. The van der Waals surface area contributed by atoms with Crippen LogP contribution >= 0.6 is 0 Å². The Morgan fingerprint density at radius 2 is 1.36 bits per heavy atom. The van der Waals surface area contributed by atoms with E-state index >= 15 is 0 Å². The van der Waals surface area contributed by atoms with E-state index in [9.17, 15) is 19.5 Å². The maximum Gasteiger partial charge on any atom is 0.326 e. The number of fused-ring (bicyclic) bond motifs is 1. The molecule has 0 saturated heterocycles. The van der Waals surface area contributed by atoms with E-state index < -0.39 is 18.0 Å². The first-order valence-electron chi connectivity index (χ1n) is 10.5. The molecule has 4 aromatic rings. The average Bonchev–Trinajstić information content (AvgIpc) is 2.84. The SMILES string of the molecule is O=C(Nc1ccc(C(=O)c2ccccc2)cc1)N[C@H](Cc1ccc2ccccc2c1)C(=O)O. The summed E-state index contributed by atoms with van der Waals surface area (Å²) in [7, 11) is 0. The summed E-state index contributed by atoms with van der Waals surface area (Å²) in [5.74, 6) is -1.24. The van der Waals surface area contributed by atoms with Gasteiger partial charge in [0.2, 0.25) is 0 Å². The molecule has 1 atom stereocenters. The van der Waals surface area contributed by atoms with Crippen LogP contribution in [0.1, 0.15) is 21.5 Å². The van der Waals surface area contributed by atoms with E-state index in [4.69, 9.17) is 0 Å². The minimum absolute atomic E-state index is 0.118. The molecule has 0 heterocycles. The first-order chi connectivity index (χ1) is 16.0. The second-order valence-electron chi connectivity index (χ2n) is 7.65. The normalized spacial score (nSPS) is 11.5. The highest BCUT2D eigenvalue weighted by atomic mass is 16.4. The van der Waals surface area contributed by atoms with Crippen LogP contribution in [0.15, 0.2) is 97.1 Å². The number of rotatable bonds is 7. The van der Waals surface area contributed by atoms with Gasteiger partial charge in [-0.2, -0.15) is 0 Å². The maximum absolute atomic E-state index is 12.5. The smallest absolute Gasteiger partial charge is 0.326 e. The van der Waals surface area contributed by atoms with Gasteiger partial charge in [-0.15, -0.1) is 0 Å². The number of amides is 2. The predicted octanol–water partition coefficient (Wildman–Crippen LogP) is 4.89. The molecule has 0 unspecified atom stereocenters. The summed E-state index contributed by atoms with van der Waals surface area (Å²) in [6.07, 6.45) is 0.151. The van der Waals surface area contributed by atoms with E-state index in [-0.39, 0.29) is 12.2 Å². The van der Waals surface area contributed by atoms with Crippen molar-refractivity contribution >= 4 is 34.2 Å². The Hall–Kier alpha value is -4.45. The van der Waals surface area contributed by atoms with Crippen molar-refractivity contribution in [3.63, 3.8) is 0 Å². The molecule has 0 aliphatic carbocycles. The van der Waals surface area contributed by atoms with E-state index in [0.29, 0.717) is 16.8 Å². The molecule has 0 bridgehead atoms. The van der Waals surface area contributed by atoms with E-state index in [0.717, 1.165) is 16.3 Å². The first kappa shape index (κ1) is 21.8. The fourth-order valence-electron chi connectivity index (χ4n) is 3.59. The van der Waals surface area contributed by atoms with E-state index in [1.807, 2.05) is 48.5 Å². The third kappa shape index (κ3) is 5.43. The Labute approximate surface area is 190 Å². The fraction of sp³-hybridized carbons (Fsp3) is 0.0741. The summed E-state index contributed by atoms with van der Waals surface area (Å²) in [5, 5.41) is 16.8. The lowest BCUT2D eigenvalue weighted by molar-refractivity contribution is -0.139. The van der Waals surface area contributed by atoms with Gasteiger partial charge >= 0.3 is 12.0 Å². The van der Waals surface area contributed by atoms with Crippen molar-refractivity contribution in [2.24, 2.45) is 0 Å². The molecule has 0 radical (unpaired) electrons. The Bertz CT molecular complexity index is 1300. The average molecular weight is 438 g/mol. The molecule has 3 N–H and O–H groups in total. The molecule has 4 rings (SSSR count). The number of carboxylic acids is 1. The van der Waals surface area contributed by atoms with E-state index in [1.165, 1.54) is 0 Å². The molecule has 6 heteroatoms. The van der Waals surface area contributed by atoms with Crippen molar-refractivity contribution in [2.75, 3.05) is 5.32 Å². The number of anilines is 1. The quantitative estimate of drug-likeness (QED) is 0.358. The molecule has 2 amide bonds. The second-order valence-corrected chi connectivity index (χ2v) is 7.65. The lowest BCUT2D eigenvalue weighted by atomic mass is 10.0. The lowest BCUT2D eigenvalue weighted by Crippen LogP contribution is -2.44. The van der Waals surface area contributed by atoms with Gasteiger partial charge in [-0.1, -0.05) is 72.8 Å². The molecule has 0 aliphatic heterocycles. The maximum atomic E-state index is 12.5. The number of hydrogen-bond acceptors (Lipinski definition) is 3. The molecular formula is C27H22N2O4. The molecule has 0 aromatic heterocycles. The third-order valence-electron chi connectivity index (χ3n) is 5.30. The van der Waals surface area contributed by atoms with Crippen LogP contribution < -0.4 is 10.6 Å². The van der Waals surface area contributed by atoms with Gasteiger partial charge in [0.1, 0.15) is 6.04 Å². The largest absolute Gasteiger partial charge is 0.480 e. The van der Waals surface area contributed by atoms with Gasteiger partial charge < -0.3 is 15.7 Å². The van der Waals surface area contributed by atoms with Gasteiger partial charge in [0.25, 0.3) is 0 Å². The van der Waals surface area contributed by atoms with Gasteiger partial charge in [0, 0.05) is 23.2 Å². The van der Waals surface area contributed by atoms with Crippen molar-refractivity contribution in [2.45, 2.75) is 12.5 Å². The Morgan fingerprint density at radius 1 is 0.727 bits per heavy atom. The van der Waals surface area contributed by atoms with E-state index in [1.54, 1.807) is 48.5 Å². The van der Waals surface area contributed by atoms with Crippen LogP contribution in [0, 0.1) is 0 Å². The first-order valence-corrected chi connectivity index (χ1v) is 10.5. The number of aliphatic carboxylic acids is 1. The summed E-state index contributed by atoms with van der Waals surface area (Å²) in [4.78, 5) is 36.6. The molecule has 0 spiro atoms. The molecule has 164 valence electrons. The van der Waals surface area contributed by atoms with Crippen molar-refractivity contribution in [1.29, 1.82) is 0 Å². The molecule has 0 aliphatic rings. The lowest BCUT2D eigenvalue weighted by Gasteiger charge is -2.16. The van der Waals surface area contributed by atoms with Gasteiger partial charge in [-0.3, -0.25) is 4.79 Å². The molecular weight excluding hydrogens is 416 g/mol. The van der Waals surface area contributed by atoms with Crippen molar-refractivity contribution in [3.8, 4) is 0 Å². The summed E-state index contributed by atoms with van der Waals surface area (Å²) in [5.41, 5.74) is 2.33. The van der Waals surface area contributed by atoms with Crippen LogP contribution in [-0.2, 0) is 11.2 Å². The van der Waals surface area contributed by atoms with Crippen LogP contribution in [0.2, 0.25) is 0 Å². The predicted molar refractivity (Wildman–Crippen MR) is 128 cm³/mol. The van der Waals surface area contributed by atoms with Crippen molar-refractivity contribution in [1.82, 2.24) is 5.32 Å². The summed E-state index contributed by atoms with van der Waals surface area (Å²) >= 11 is 0. The number of carbonyl (C=O) groups excluding carboxylic acids is 2. The summed E-state index contributed by atoms with van der Waals surface area (Å²) < 4.78 is 0. The molecule has 4 aromatic carbocycles. The number of urea groups is 1. The summed E-state index contributed by atoms with van der Waals surface area (Å²) in [6.45, 7) is 0. The highest BCUT2D eigenvalue weighted by Crippen LogP contribution is 2.17.